The van der Waals surface area contributed by atoms with Crippen LogP contribution in [0.5, 0.6) is 0 Å². The van der Waals surface area contributed by atoms with Crippen LogP contribution in [0.3, 0.4) is 0 Å². The van der Waals surface area contributed by atoms with Crippen molar-refractivity contribution in [3.8, 4) is 11.4 Å². The lowest BCUT2D eigenvalue weighted by Gasteiger charge is -2.34. The Kier molecular flexibility index (Phi) is 6.77. The summed E-state index contributed by atoms with van der Waals surface area (Å²) in [6.45, 7) is 9.15. The average Bonchev–Trinajstić information content (AvgIpc) is 3.29. The maximum atomic E-state index is 13.5. The zero-order chi connectivity index (χ0) is 23.5. The fourth-order valence-electron chi connectivity index (χ4n) is 4.39. The van der Waals surface area contributed by atoms with E-state index in [1.807, 2.05) is 0 Å². The molecule has 2 amide bonds. The van der Waals surface area contributed by atoms with Gasteiger partial charge in [0.05, 0.1) is 0 Å². The number of carbonyl (C=O) groups is 1. The molecule has 1 aromatic heterocycles. The van der Waals surface area contributed by atoms with Crippen LogP contribution in [-0.2, 0) is 0 Å². The highest BCUT2D eigenvalue weighted by Crippen LogP contribution is 2.35. The van der Waals surface area contributed by atoms with E-state index in [1.54, 1.807) is 17.0 Å². The summed E-state index contributed by atoms with van der Waals surface area (Å²) in [7, 11) is 0. The zero-order valence-electron chi connectivity index (χ0n) is 19.6. The summed E-state index contributed by atoms with van der Waals surface area (Å²) in [5.41, 5.74) is 3.82. The lowest BCUT2D eigenvalue weighted by Crippen LogP contribution is -2.41. The van der Waals surface area contributed by atoms with Gasteiger partial charge < -0.3 is 14.7 Å². The van der Waals surface area contributed by atoms with Crippen LogP contribution in [-0.4, -0.2) is 27.6 Å². The molecule has 1 aliphatic heterocycles. The van der Waals surface area contributed by atoms with Gasteiger partial charge in [-0.1, -0.05) is 51.1 Å². The Morgan fingerprint density at radius 3 is 2.36 bits per heavy atom. The number of carbonyl (C=O) groups excluding carboxylic acids is 1. The predicted molar refractivity (Wildman–Crippen MR) is 127 cm³/mol. The van der Waals surface area contributed by atoms with E-state index in [2.05, 4.69) is 61.4 Å². The van der Waals surface area contributed by atoms with Crippen molar-refractivity contribution in [3.63, 3.8) is 0 Å². The van der Waals surface area contributed by atoms with Crippen molar-refractivity contribution in [2.75, 3.05) is 11.9 Å². The molecule has 1 fully saturated rings. The maximum absolute atomic E-state index is 13.5. The number of para-hydroxylation sites is 1. The molecule has 3 aromatic rings. The Hall–Kier alpha value is -3.22. The Balaban J connectivity index is 1.60. The molecule has 1 saturated heterocycles. The number of amides is 2. The highest BCUT2D eigenvalue weighted by molar-refractivity contribution is 5.91. The van der Waals surface area contributed by atoms with E-state index in [-0.39, 0.29) is 29.7 Å². The van der Waals surface area contributed by atoms with Crippen molar-refractivity contribution >= 4 is 11.7 Å². The van der Waals surface area contributed by atoms with Crippen molar-refractivity contribution in [3.05, 3.63) is 65.3 Å². The molecule has 33 heavy (non-hydrogen) atoms. The number of likely N-dealkylation sites (tertiary alicyclic amines) is 1. The van der Waals surface area contributed by atoms with Gasteiger partial charge in [-0.2, -0.15) is 4.98 Å². The van der Waals surface area contributed by atoms with Gasteiger partial charge in [-0.3, -0.25) is 0 Å². The molecular weight excluding hydrogens is 419 g/mol. The average molecular weight is 451 g/mol. The third-order valence-electron chi connectivity index (χ3n) is 6.20. The molecule has 6 nitrogen and oxygen atoms in total. The molecule has 0 aliphatic carbocycles. The van der Waals surface area contributed by atoms with Gasteiger partial charge in [0, 0.05) is 17.8 Å². The SMILES string of the molecule is CC(C)c1cccc(C(C)C)c1NC(=O)N1CCCCC1c1nc(-c2ccc(F)cc2)no1. The Morgan fingerprint density at radius 2 is 1.73 bits per heavy atom. The van der Waals surface area contributed by atoms with E-state index in [0.29, 0.717) is 23.8 Å². The van der Waals surface area contributed by atoms with Crippen LogP contribution in [0.4, 0.5) is 14.9 Å². The summed E-state index contributed by atoms with van der Waals surface area (Å²) in [5.74, 6) is 1.05. The first-order valence-corrected chi connectivity index (χ1v) is 11.6. The normalized spacial score (nSPS) is 16.5. The molecule has 4 rings (SSSR count). The van der Waals surface area contributed by atoms with Gasteiger partial charge >= 0.3 is 6.03 Å². The van der Waals surface area contributed by atoms with E-state index in [9.17, 15) is 9.18 Å². The fourth-order valence-corrected chi connectivity index (χ4v) is 4.39. The lowest BCUT2D eigenvalue weighted by atomic mass is 9.92. The van der Waals surface area contributed by atoms with Crippen LogP contribution < -0.4 is 5.32 Å². The summed E-state index contributed by atoms with van der Waals surface area (Å²) < 4.78 is 18.8. The number of nitrogens with zero attached hydrogens (tertiary/aromatic N) is 3. The predicted octanol–water partition coefficient (Wildman–Crippen LogP) is 6.88. The van der Waals surface area contributed by atoms with Crippen LogP contribution in [0.15, 0.2) is 47.0 Å². The number of halogens is 1. The van der Waals surface area contributed by atoms with Crippen LogP contribution >= 0.6 is 0 Å². The summed E-state index contributed by atoms with van der Waals surface area (Å²) in [6, 6.07) is 11.7. The number of nitrogens with one attached hydrogen (secondary N) is 1. The second-order valence-electron chi connectivity index (χ2n) is 9.22. The van der Waals surface area contributed by atoms with E-state index in [0.717, 1.165) is 36.1 Å². The Morgan fingerprint density at radius 1 is 1.06 bits per heavy atom. The van der Waals surface area contributed by atoms with E-state index < -0.39 is 0 Å². The largest absolute Gasteiger partial charge is 0.337 e. The quantitative estimate of drug-likeness (QED) is 0.460. The lowest BCUT2D eigenvalue weighted by molar-refractivity contribution is 0.142. The minimum absolute atomic E-state index is 0.156. The van der Waals surface area contributed by atoms with Gasteiger partial charge in [0.25, 0.3) is 0 Å². The number of hydrogen-bond donors (Lipinski definition) is 1. The van der Waals surface area contributed by atoms with Gasteiger partial charge in [0.1, 0.15) is 11.9 Å². The molecule has 0 spiro atoms. The minimum atomic E-state index is -0.319. The summed E-state index contributed by atoms with van der Waals surface area (Å²) >= 11 is 0. The molecule has 1 unspecified atom stereocenters. The first-order valence-electron chi connectivity index (χ1n) is 11.6. The number of piperidine rings is 1. The smallest absolute Gasteiger partial charge is 0.322 e. The summed E-state index contributed by atoms with van der Waals surface area (Å²) in [4.78, 5) is 19.8. The van der Waals surface area contributed by atoms with Gasteiger partial charge in [-0.15, -0.1) is 0 Å². The Bertz CT molecular complexity index is 1080. The van der Waals surface area contributed by atoms with Crippen LogP contribution in [0.25, 0.3) is 11.4 Å². The van der Waals surface area contributed by atoms with Crippen molar-refractivity contribution in [1.82, 2.24) is 15.0 Å². The van der Waals surface area contributed by atoms with Crippen molar-refractivity contribution in [2.45, 2.75) is 64.8 Å². The molecule has 2 aromatic carbocycles. The molecule has 0 bridgehead atoms. The third kappa shape index (κ3) is 4.92. The van der Waals surface area contributed by atoms with Gasteiger partial charge in [0.15, 0.2) is 0 Å². The molecule has 1 N–H and O–H groups in total. The molecule has 1 atom stereocenters. The molecule has 0 radical (unpaired) electrons. The minimum Gasteiger partial charge on any atom is -0.337 e. The summed E-state index contributed by atoms with van der Waals surface area (Å²) in [5, 5.41) is 7.29. The number of benzene rings is 2. The molecular formula is C26H31FN4O2. The number of hydrogen-bond acceptors (Lipinski definition) is 4. The number of urea groups is 1. The number of anilines is 1. The van der Waals surface area contributed by atoms with Crippen LogP contribution in [0.1, 0.15) is 81.9 Å². The highest BCUT2D eigenvalue weighted by atomic mass is 19.1. The maximum Gasteiger partial charge on any atom is 0.322 e. The van der Waals surface area contributed by atoms with Crippen molar-refractivity contribution < 1.29 is 13.7 Å². The first-order chi connectivity index (χ1) is 15.8. The standard InChI is InChI=1S/C26H31FN4O2/c1-16(2)20-8-7-9-21(17(3)4)23(20)28-26(32)31-15-6-5-10-22(31)25-29-24(30-33-25)18-11-13-19(27)14-12-18/h7-9,11-14,16-17,22H,5-6,10,15H2,1-4H3,(H,28,32). The van der Waals surface area contributed by atoms with E-state index >= 15 is 0 Å². The molecule has 0 saturated carbocycles. The molecule has 1 aliphatic rings. The van der Waals surface area contributed by atoms with Gasteiger partial charge in [-0.05, 0) is 66.5 Å². The summed E-state index contributed by atoms with van der Waals surface area (Å²) in [6.07, 6.45) is 2.65. The monoisotopic (exact) mass is 450 g/mol. The topological polar surface area (TPSA) is 71.3 Å². The fraction of sp³-hybridized carbons (Fsp3) is 0.423. The van der Waals surface area contributed by atoms with Crippen molar-refractivity contribution in [1.29, 1.82) is 0 Å². The van der Waals surface area contributed by atoms with Gasteiger partial charge in [-0.25, -0.2) is 9.18 Å². The number of aromatic nitrogens is 2. The second kappa shape index (κ2) is 9.73. The molecule has 174 valence electrons. The first kappa shape index (κ1) is 23.0. The Labute approximate surface area is 194 Å². The highest BCUT2D eigenvalue weighted by Gasteiger charge is 2.33. The second-order valence-corrected chi connectivity index (χ2v) is 9.22. The molecule has 7 heteroatoms. The van der Waals surface area contributed by atoms with Crippen LogP contribution in [0, 0.1) is 5.82 Å². The van der Waals surface area contributed by atoms with Crippen molar-refractivity contribution in [2.24, 2.45) is 0 Å². The van der Waals surface area contributed by atoms with Gasteiger partial charge in [0.2, 0.25) is 11.7 Å². The van der Waals surface area contributed by atoms with E-state index in [4.69, 9.17) is 4.52 Å². The third-order valence-corrected chi connectivity index (χ3v) is 6.20. The molecule has 2 heterocycles. The zero-order valence-corrected chi connectivity index (χ0v) is 19.6. The van der Waals surface area contributed by atoms with Crippen LogP contribution in [0.2, 0.25) is 0 Å². The number of rotatable bonds is 5. The van der Waals surface area contributed by atoms with E-state index in [1.165, 1.54) is 12.1 Å².